The molecule has 8 aromatic rings. The molecule has 0 spiro atoms. The van der Waals surface area contributed by atoms with Gasteiger partial charge in [-0.05, 0) is 82.3 Å². The summed E-state index contributed by atoms with van der Waals surface area (Å²) < 4.78 is 6.50. The Hall–Kier alpha value is -6.38. The molecule has 1 heterocycles. The minimum atomic E-state index is -0.462. The summed E-state index contributed by atoms with van der Waals surface area (Å²) in [6.07, 6.45) is 12.3. The fourth-order valence-corrected chi connectivity index (χ4v) is 10.6. The molecule has 7 aromatic carbocycles. The second-order valence-corrected chi connectivity index (χ2v) is 15.9. The van der Waals surface area contributed by atoms with E-state index >= 15 is 0 Å². The van der Waals surface area contributed by atoms with Crippen LogP contribution in [0.5, 0.6) is 0 Å². The molecule has 1 aromatic heterocycles. The maximum Gasteiger partial charge on any atom is 0.143 e. The van der Waals surface area contributed by atoms with Crippen molar-refractivity contribution in [3.63, 3.8) is 0 Å². The molecule has 56 heavy (non-hydrogen) atoms. The highest BCUT2D eigenvalue weighted by molar-refractivity contribution is 6.09. The molecule has 0 saturated heterocycles. The summed E-state index contributed by atoms with van der Waals surface area (Å²) in [5.41, 5.74) is 14.0. The Morgan fingerprint density at radius 2 is 1.23 bits per heavy atom. The van der Waals surface area contributed by atoms with E-state index in [4.69, 9.17) is 4.42 Å². The van der Waals surface area contributed by atoms with E-state index < -0.39 is 5.41 Å². The van der Waals surface area contributed by atoms with E-state index in [1.165, 1.54) is 51.2 Å². The van der Waals surface area contributed by atoms with Crippen LogP contribution in [-0.4, -0.2) is 6.04 Å². The highest BCUT2D eigenvalue weighted by Crippen LogP contribution is 2.59. The monoisotopic (exact) mass is 721 g/mol. The summed E-state index contributed by atoms with van der Waals surface area (Å²) in [5, 5.41) is 2.31. The lowest BCUT2D eigenvalue weighted by molar-refractivity contribution is 0.300. The zero-order valence-electron chi connectivity index (χ0n) is 31.6. The molecule has 270 valence electrons. The molecule has 0 saturated carbocycles. The number of nitrogens with zero attached hydrogens (tertiary/aromatic N) is 1. The Morgan fingerprint density at radius 1 is 0.571 bits per heavy atom. The molecule has 3 aliphatic carbocycles. The summed E-state index contributed by atoms with van der Waals surface area (Å²) in [6, 6.07) is 62.9. The van der Waals surface area contributed by atoms with Gasteiger partial charge in [-0.15, -0.1) is 0 Å². The molecule has 0 radical (unpaired) electrons. The third-order valence-electron chi connectivity index (χ3n) is 13.0. The second-order valence-electron chi connectivity index (χ2n) is 15.9. The highest BCUT2D eigenvalue weighted by atomic mass is 16.3. The topological polar surface area (TPSA) is 16.4 Å². The Labute approximate surface area is 329 Å². The van der Waals surface area contributed by atoms with E-state index in [1.54, 1.807) is 0 Å². The lowest BCUT2D eigenvalue weighted by Crippen LogP contribution is -2.46. The second kappa shape index (κ2) is 13.1. The van der Waals surface area contributed by atoms with E-state index in [-0.39, 0.29) is 6.04 Å². The van der Waals surface area contributed by atoms with Crippen LogP contribution in [0.2, 0.25) is 0 Å². The van der Waals surface area contributed by atoms with Crippen molar-refractivity contribution in [2.75, 3.05) is 4.90 Å². The van der Waals surface area contributed by atoms with Gasteiger partial charge in [-0.2, -0.15) is 0 Å². The van der Waals surface area contributed by atoms with Crippen molar-refractivity contribution in [2.45, 2.75) is 31.2 Å². The highest BCUT2D eigenvalue weighted by Gasteiger charge is 2.48. The fraction of sp³-hybridized carbons (Fsp3) is 0.148. The van der Waals surface area contributed by atoms with Crippen LogP contribution in [0.15, 0.2) is 199 Å². The van der Waals surface area contributed by atoms with Crippen LogP contribution in [0.25, 0.3) is 44.2 Å². The average molecular weight is 722 g/mol. The molecule has 2 nitrogen and oxygen atoms in total. The summed E-state index contributed by atoms with van der Waals surface area (Å²) in [7, 11) is 0. The summed E-state index contributed by atoms with van der Waals surface area (Å²) in [4.78, 5) is 2.72. The first-order valence-corrected chi connectivity index (χ1v) is 20.2. The largest absolute Gasteiger partial charge is 0.455 e. The van der Waals surface area contributed by atoms with Crippen LogP contribution in [0, 0.1) is 17.8 Å². The smallest absolute Gasteiger partial charge is 0.143 e. The standard InChI is InChI=1S/C54H43NO/c1-36-30-31-37-16-8-9-21-42(37)52(36)55(41-34-32-38(33-35-41)43-24-14-25-45-44-22-11-13-29-50(44)56-53(43)45)49-28-15-27-48-51(49)46-23-10-12-26-47(46)54(48,39-17-4-2-5-18-39)40-19-6-3-7-20-40/h2-7,9-15,17-37,42,52H,8,16H2,1H3. The van der Waals surface area contributed by atoms with Crippen molar-refractivity contribution in [3.05, 3.63) is 216 Å². The number of anilines is 2. The quantitative estimate of drug-likeness (QED) is 0.159. The van der Waals surface area contributed by atoms with Gasteiger partial charge in [0, 0.05) is 45.2 Å². The van der Waals surface area contributed by atoms with Gasteiger partial charge >= 0.3 is 0 Å². The third kappa shape index (κ3) is 4.88. The van der Waals surface area contributed by atoms with E-state index in [1.807, 2.05) is 6.07 Å². The van der Waals surface area contributed by atoms with Crippen molar-refractivity contribution in [3.8, 4) is 22.3 Å². The number of fused-ring (bicyclic) bond motifs is 7. The molecule has 0 aliphatic heterocycles. The minimum Gasteiger partial charge on any atom is -0.455 e. The molecule has 0 bridgehead atoms. The maximum atomic E-state index is 6.50. The zero-order valence-corrected chi connectivity index (χ0v) is 31.6. The first-order chi connectivity index (χ1) is 27.7. The molecule has 3 aliphatic rings. The third-order valence-corrected chi connectivity index (χ3v) is 13.0. The Kier molecular flexibility index (Phi) is 7.74. The van der Waals surface area contributed by atoms with E-state index in [0.29, 0.717) is 17.8 Å². The Bertz CT molecular complexity index is 2750. The Balaban J connectivity index is 1.15. The predicted molar refractivity (Wildman–Crippen MR) is 232 cm³/mol. The SMILES string of the molecule is CC1C=CC2CCC=CC2C1N(c1ccc(-c2cccc3c2oc2ccccc23)cc1)c1cccc2c1-c1ccccc1C2(c1ccccc1)c1ccccc1. The zero-order chi connectivity index (χ0) is 37.2. The van der Waals surface area contributed by atoms with Crippen molar-refractivity contribution in [1.29, 1.82) is 0 Å². The number of hydrogen-bond donors (Lipinski definition) is 0. The lowest BCUT2D eigenvalue weighted by Gasteiger charge is -2.46. The van der Waals surface area contributed by atoms with Gasteiger partial charge < -0.3 is 9.32 Å². The first-order valence-electron chi connectivity index (χ1n) is 20.2. The minimum absolute atomic E-state index is 0.230. The van der Waals surface area contributed by atoms with Gasteiger partial charge in [-0.25, -0.2) is 0 Å². The molecule has 4 atom stereocenters. The van der Waals surface area contributed by atoms with Crippen molar-refractivity contribution >= 4 is 33.3 Å². The number of furan rings is 1. The molecule has 0 fully saturated rings. The molecular weight excluding hydrogens is 679 g/mol. The van der Waals surface area contributed by atoms with Crippen molar-refractivity contribution in [1.82, 2.24) is 0 Å². The summed E-state index contributed by atoms with van der Waals surface area (Å²) >= 11 is 0. The number of rotatable bonds is 6. The summed E-state index contributed by atoms with van der Waals surface area (Å²) in [6.45, 7) is 2.42. The summed E-state index contributed by atoms with van der Waals surface area (Å²) in [5.74, 6) is 1.25. The van der Waals surface area contributed by atoms with Crippen LogP contribution in [0.3, 0.4) is 0 Å². The van der Waals surface area contributed by atoms with Crippen LogP contribution in [0.4, 0.5) is 11.4 Å². The van der Waals surface area contributed by atoms with E-state index in [2.05, 4.69) is 200 Å². The van der Waals surface area contributed by atoms with Crippen LogP contribution in [-0.2, 0) is 5.41 Å². The van der Waals surface area contributed by atoms with Crippen LogP contribution in [0.1, 0.15) is 42.0 Å². The van der Waals surface area contributed by atoms with E-state index in [9.17, 15) is 0 Å². The molecule has 11 rings (SSSR count). The number of para-hydroxylation sites is 2. The lowest BCUT2D eigenvalue weighted by atomic mass is 9.67. The van der Waals surface area contributed by atoms with E-state index in [0.717, 1.165) is 39.5 Å². The number of allylic oxidation sites excluding steroid dienone is 2. The van der Waals surface area contributed by atoms with Gasteiger partial charge in [-0.3, -0.25) is 0 Å². The Morgan fingerprint density at radius 3 is 2.04 bits per heavy atom. The fourth-order valence-electron chi connectivity index (χ4n) is 10.6. The van der Waals surface area contributed by atoms with Gasteiger partial charge in [0.05, 0.1) is 5.41 Å². The normalized spacial score (nSPS) is 20.4. The van der Waals surface area contributed by atoms with Gasteiger partial charge in [0.25, 0.3) is 0 Å². The van der Waals surface area contributed by atoms with Gasteiger partial charge in [0.2, 0.25) is 0 Å². The molecule has 2 heteroatoms. The van der Waals surface area contributed by atoms with Crippen LogP contribution >= 0.6 is 0 Å². The molecule has 4 unspecified atom stereocenters. The molecular formula is C54H43NO. The molecule has 0 N–H and O–H groups in total. The number of benzene rings is 7. The van der Waals surface area contributed by atoms with Crippen molar-refractivity contribution < 1.29 is 4.42 Å². The van der Waals surface area contributed by atoms with Gasteiger partial charge in [-0.1, -0.05) is 177 Å². The number of hydrogen-bond acceptors (Lipinski definition) is 2. The first kappa shape index (κ1) is 33.0. The maximum absolute atomic E-state index is 6.50. The van der Waals surface area contributed by atoms with Crippen LogP contribution < -0.4 is 4.90 Å². The predicted octanol–water partition coefficient (Wildman–Crippen LogP) is 13.9. The van der Waals surface area contributed by atoms with Gasteiger partial charge in [0.15, 0.2) is 0 Å². The molecule has 0 amide bonds. The van der Waals surface area contributed by atoms with Gasteiger partial charge in [0.1, 0.15) is 11.2 Å². The van der Waals surface area contributed by atoms with Crippen molar-refractivity contribution in [2.24, 2.45) is 17.8 Å². The average Bonchev–Trinajstić information content (AvgIpc) is 3.80.